The van der Waals surface area contributed by atoms with Crippen LogP contribution in [0.15, 0.2) is 22.9 Å². The van der Waals surface area contributed by atoms with E-state index in [4.69, 9.17) is 5.11 Å². The van der Waals surface area contributed by atoms with Gasteiger partial charge in [0.15, 0.2) is 0 Å². The zero-order valence-corrected chi connectivity index (χ0v) is 9.12. The summed E-state index contributed by atoms with van der Waals surface area (Å²) in [5.41, 5.74) is 0.232. The van der Waals surface area contributed by atoms with Crippen LogP contribution >= 0.6 is 15.9 Å². The standard InChI is InChI=1S/C9H8BrF2NO2/c10-7-2-1-5(4-13-7)6(9(11)12)3-8(14)15/h1-2,4,6,9H,3H2,(H,14,15). The Hall–Kier alpha value is -1.04. The molecule has 0 radical (unpaired) electrons. The van der Waals surface area contributed by atoms with Crippen molar-refractivity contribution >= 4 is 21.9 Å². The predicted octanol–water partition coefficient (Wildman–Crippen LogP) is 2.67. The summed E-state index contributed by atoms with van der Waals surface area (Å²) in [7, 11) is 0. The lowest BCUT2D eigenvalue weighted by Gasteiger charge is -2.13. The number of carbonyl (C=O) groups is 1. The van der Waals surface area contributed by atoms with Crippen LogP contribution < -0.4 is 0 Å². The summed E-state index contributed by atoms with van der Waals surface area (Å²) in [5.74, 6) is -2.55. The van der Waals surface area contributed by atoms with Crippen LogP contribution in [0.1, 0.15) is 17.9 Å². The van der Waals surface area contributed by atoms with Gasteiger partial charge in [-0.3, -0.25) is 4.79 Å². The Morgan fingerprint density at radius 3 is 2.60 bits per heavy atom. The van der Waals surface area contributed by atoms with Crippen molar-refractivity contribution in [3.05, 3.63) is 28.5 Å². The summed E-state index contributed by atoms with van der Waals surface area (Å²) in [6.07, 6.45) is -2.05. The monoisotopic (exact) mass is 279 g/mol. The number of aromatic nitrogens is 1. The number of alkyl halides is 2. The summed E-state index contributed by atoms with van der Waals surface area (Å²) >= 11 is 3.07. The molecule has 1 unspecified atom stereocenters. The second-order valence-corrected chi connectivity index (χ2v) is 3.77. The van der Waals surface area contributed by atoms with Crippen molar-refractivity contribution in [2.24, 2.45) is 0 Å². The molecule has 0 aliphatic rings. The molecule has 0 saturated heterocycles. The molecule has 1 heterocycles. The second-order valence-electron chi connectivity index (χ2n) is 2.95. The molecule has 1 atom stereocenters. The van der Waals surface area contributed by atoms with Gasteiger partial charge >= 0.3 is 5.97 Å². The molecule has 0 bridgehead atoms. The summed E-state index contributed by atoms with van der Waals surface area (Å²) < 4.78 is 25.6. The van der Waals surface area contributed by atoms with Crippen LogP contribution in [0.25, 0.3) is 0 Å². The Bertz CT molecular complexity index is 342. The van der Waals surface area contributed by atoms with E-state index in [1.807, 2.05) is 0 Å². The molecule has 1 aromatic rings. The smallest absolute Gasteiger partial charge is 0.304 e. The maximum Gasteiger partial charge on any atom is 0.304 e. The van der Waals surface area contributed by atoms with Crippen LogP contribution in [0.3, 0.4) is 0 Å². The van der Waals surface area contributed by atoms with E-state index in [1.165, 1.54) is 18.3 Å². The van der Waals surface area contributed by atoms with Crippen LogP contribution in [0.5, 0.6) is 0 Å². The number of carboxylic acid groups (broad SMARTS) is 1. The highest BCUT2D eigenvalue weighted by molar-refractivity contribution is 9.10. The van der Waals surface area contributed by atoms with E-state index in [-0.39, 0.29) is 5.56 Å². The highest BCUT2D eigenvalue weighted by Crippen LogP contribution is 2.26. The first-order chi connectivity index (χ1) is 7.00. The number of carboxylic acids is 1. The molecule has 0 aliphatic heterocycles. The van der Waals surface area contributed by atoms with Gasteiger partial charge in [0.2, 0.25) is 6.43 Å². The van der Waals surface area contributed by atoms with E-state index < -0.39 is 24.7 Å². The van der Waals surface area contributed by atoms with Crippen LogP contribution in [0.4, 0.5) is 8.78 Å². The molecule has 82 valence electrons. The lowest BCUT2D eigenvalue weighted by molar-refractivity contribution is -0.138. The lowest BCUT2D eigenvalue weighted by Crippen LogP contribution is -2.14. The maximum atomic E-state index is 12.5. The minimum Gasteiger partial charge on any atom is -0.481 e. The van der Waals surface area contributed by atoms with Gasteiger partial charge in [-0.15, -0.1) is 0 Å². The molecular weight excluding hydrogens is 272 g/mol. The van der Waals surface area contributed by atoms with Gasteiger partial charge in [0.25, 0.3) is 0 Å². The van der Waals surface area contributed by atoms with Crippen LogP contribution in [-0.4, -0.2) is 22.5 Å². The number of aliphatic carboxylic acids is 1. The van der Waals surface area contributed by atoms with Crippen LogP contribution in [0.2, 0.25) is 0 Å². The summed E-state index contributed by atoms with van der Waals surface area (Å²) in [4.78, 5) is 14.2. The van der Waals surface area contributed by atoms with Crippen molar-refractivity contribution in [1.82, 2.24) is 4.98 Å². The fraction of sp³-hybridized carbons (Fsp3) is 0.333. The molecule has 6 heteroatoms. The van der Waals surface area contributed by atoms with E-state index in [1.54, 1.807) is 0 Å². The highest BCUT2D eigenvalue weighted by Gasteiger charge is 2.25. The first-order valence-corrected chi connectivity index (χ1v) is 4.91. The Balaban J connectivity index is 2.88. The van der Waals surface area contributed by atoms with Gasteiger partial charge in [-0.1, -0.05) is 6.07 Å². The topological polar surface area (TPSA) is 50.2 Å². The van der Waals surface area contributed by atoms with Gasteiger partial charge in [-0.05, 0) is 27.6 Å². The molecule has 0 amide bonds. The van der Waals surface area contributed by atoms with Crippen molar-refractivity contribution in [1.29, 1.82) is 0 Å². The zero-order valence-electron chi connectivity index (χ0n) is 7.53. The Kier molecular flexibility index (Phi) is 4.14. The lowest BCUT2D eigenvalue weighted by atomic mass is 9.98. The Labute approximate surface area is 93.3 Å². The van der Waals surface area contributed by atoms with Crippen molar-refractivity contribution < 1.29 is 18.7 Å². The zero-order chi connectivity index (χ0) is 11.4. The fourth-order valence-corrected chi connectivity index (χ4v) is 1.38. The van der Waals surface area contributed by atoms with E-state index in [0.29, 0.717) is 4.60 Å². The van der Waals surface area contributed by atoms with Crippen LogP contribution in [0, 0.1) is 0 Å². The normalized spacial score (nSPS) is 12.8. The van der Waals surface area contributed by atoms with Crippen molar-refractivity contribution in [2.75, 3.05) is 0 Å². The van der Waals surface area contributed by atoms with Crippen molar-refractivity contribution in [3.63, 3.8) is 0 Å². The molecule has 0 aliphatic carbocycles. The largest absolute Gasteiger partial charge is 0.481 e. The van der Waals surface area contributed by atoms with Gasteiger partial charge in [-0.25, -0.2) is 13.8 Å². The fourth-order valence-electron chi connectivity index (χ4n) is 1.15. The van der Waals surface area contributed by atoms with E-state index in [9.17, 15) is 13.6 Å². The molecule has 0 spiro atoms. The maximum absolute atomic E-state index is 12.5. The van der Waals surface area contributed by atoms with Gasteiger partial charge in [0, 0.05) is 6.20 Å². The summed E-state index contributed by atoms with van der Waals surface area (Å²) in [6.45, 7) is 0. The first kappa shape index (κ1) is 12.0. The molecule has 3 nitrogen and oxygen atoms in total. The number of hydrogen-bond acceptors (Lipinski definition) is 2. The minimum absolute atomic E-state index is 0.232. The molecule has 1 N–H and O–H groups in total. The minimum atomic E-state index is -2.70. The second kappa shape index (κ2) is 5.16. The van der Waals surface area contributed by atoms with Crippen molar-refractivity contribution in [3.8, 4) is 0 Å². The highest BCUT2D eigenvalue weighted by atomic mass is 79.9. The Morgan fingerprint density at radius 1 is 1.53 bits per heavy atom. The Morgan fingerprint density at radius 2 is 2.20 bits per heavy atom. The average Bonchev–Trinajstić information content (AvgIpc) is 2.15. The molecule has 15 heavy (non-hydrogen) atoms. The van der Waals surface area contributed by atoms with E-state index in [2.05, 4.69) is 20.9 Å². The molecule has 0 fully saturated rings. The van der Waals surface area contributed by atoms with Gasteiger partial charge < -0.3 is 5.11 Å². The van der Waals surface area contributed by atoms with E-state index >= 15 is 0 Å². The third-order valence-corrected chi connectivity index (χ3v) is 2.35. The molecule has 1 aromatic heterocycles. The number of hydrogen-bond donors (Lipinski definition) is 1. The average molecular weight is 280 g/mol. The number of rotatable bonds is 4. The molecular formula is C9H8BrF2NO2. The van der Waals surface area contributed by atoms with Gasteiger partial charge in [0.1, 0.15) is 4.60 Å². The molecule has 1 rings (SSSR count). The molecule has 0 aromatic carbocycles. The van der Waals surface area contributed by atoms with Gasteiger partial charge in [0.05, 0.1) is 12.3 Å². The quantitative estimate of drug-likeness (QED) is 0.862. The van der Waals surface area contributed by atoms with Gasteiger partial charge in [-0.2, -0.15) is 0 Å². The number of halogens is 3. The third kappa shape index (κ3) is 3.54. The molecule has 0 saturated carbocycles. The van der Waals surface area contributed by atoms with Crippen LogP contribution in [-0.2, 0) is 4.79 Å². The SMILES string of the molecule is O=C(O)CC(c1ccc(Br)nc1)C(F)F. The predicted molar refractivity (Wildman–Crippen MR) is 52.9 cm³/mol. The van der Waals surface area contributed by atoms with E-state index in [0.717, 1.165) is 0 Å². The first-order valence-electron chi connectivity index (χ1n) is 4.12. The number of nitrogens with zero attached hydrogens (tertiary/aromatic N) is 1. The summed E-state index contributed by atoms with van der Waals surface area (Å²) in [5, 5.41) is 8.49. The number of pyridine rings is 1. The van der Waals surface area contributed by atoms with Crippen molar-refractivity contribution in [2.45, 2.75) is 18.8 Å². The summed E-state index contributed by atoms with van der Waals surface area (Å²) in [6, 6.07) is 2.95. The third-order valence-electron chi connectivity index (χ3n) is 1.88.